The summed E-state index contributed by atoms with van der Waals surface area (Å²) in [5.74, 6) is 0.262. The first-order valence-electron chi connectivity index (χ1n) is 16.7. The number of amides is 1. The van der Waals surface area contributed by atoms with E-state index >= 15 is 0 Å². The summed E-state index contributed by atoms with van der Waals surface area (Å²) in [6.45, 7) is 16.6. The number of aromatic nitrogens is 5. The largest absolute Gasteiger partial charge is 0.495 e. The Hall–Kier alpha value is -2.67. The number of likely N-dealkylation sites (tertiary alicyclic amines) is 1. The molecule has 0 N–H and O–H groups in total. The fraction of sp³-hybridized carbons (Fsp3) is 0.697. The van der Waals surface area contributed by atoms with Gasteiger partial charge in [-0.05, 0) is 116 Å². The van der Waals surface area contributed by atoms with Gasteiger partial charge >= 0.3 is 13.2 Å². The van der Waals surface area contributed by atoms with Crippen LogP contribution >= 0.6 is 11.6 Å². The van der Waals surface area contributed by atoms with Gasteiger partial charge in [-0.15, -0.1) is 0 Å². The van der Waals surface area contributed by atoms with Gasteiger partial charge in [-0.2, -0.15) is 20.1 Å². The maximum Gasteiger partial charge on any atom is 0.495 e. The molecule has 2 aromatic heterocycles. The number of fused-ring (bicyclic) bond motifs is 1. The highest BCUT2D eigenvalue weighted by atomic mass is 35.5. The summed E-state index contributed by atoms with van der Waals surface area (Å²) < 4.78 is 26.8. The first-order chi connectivity index (χ1) is 21.7. The number of carbonyl (C=O) groups is 1. The zero-order chi connectivity index (χ0) is 32.9. The van der Waals surface area contributed by atoms with Crippen LogP contribution in [0.2, 0.25) is 5.02 Å². The van der Waals surface area contributed by atoms with Crippen LogP contribution in [0.15, 0.2) is 18.5 Å². The summed E-state index contributed by atoms with van der Waals surface area (Å²) in [6, 6.07) is 2.00. The number of hydrogen-bond donors (Lipinski definition) is 0. The van der Waals surface area contributed by atoms with Crippen LogP contribution in [0.3, 0.4) is 0 Å². The predicted molar refractivity (Wildman–Crippen MR) is 177 cm³/mol. The first-order valence-corrected chi connectivity index (χ1v) is 17.1. The van der Waals surface area contributed by atoms with Crippen LogP contribution < -0.4 is 5.46 Å². The lowest BCUT2D eigenvalue weighted by Crippen LogP contribution is -2.43. The maximum atomic E-state index is 12.6. The molecule has 3 aliphatic heterocycles. The number of hydrogen-bond acceptors (Lipinski definition) is 8. The standard InChI is InChI=1S/C33H48BClN6O5/c1-31(2,3)44-30(42)39-15-10-11-22(20-39)21-40-36-18-23(38-40)13-14-24-26(35)17-27-25(19-37-41(27)28-12-8-9-16-43-28)29(24)34-45-32(4,5)33(6,7)46-34/h17-19,22,28H,8-16,20-21H2,1-7H3/t22-,28?/m1/s1. The maximum absolute atomic E-state index is 12.6. The third-order valence-electron chi connectivity index (χ3n) is 9.73. The van der Waals surface area contributed by atoms with Crippen molar-refractivity contribution in [1.29, 1.82) is 0 Å². The third kappa shape index (κ3) is 6.95. The van der Waals surface area contributed by atoms with Gasteiger partial charge in [-0.25, -0.2) is 9.48 Å². The Kier molecular flexibility index (Phi) is 9.21. The van der Waals surface area contributed by atoms with E-state index in [4.69, 9.17) is 40.6 Å². The van der Waals surface area contributed by atoms with Crippen LogP contribution in [0.1, 0.15) is 98.1 Å². The lowest BCUT2D eigenvalue weighted by atomic mass is 9.73. The van der Waals surface area contributed by atoms with Crippen molar-refractivity contribution in [3.63, 3.8) is 0 Å². The molecule has 0 radical (unpaired) electrons. The number of piperidine rings is 1. The van der Waals surface area contributed by atoms with Crippen molar-refractivity contribution in [1.82, 2.24) is 29.7 Å². The fourth-order valence-corrected chi connectivity index (χ4v) is 6.88. The van der Waals surface area contributed by atoms with Crippen molar-refractivity contribution >= 4 is 41.2 Å². The molecule has 0 spiro atoms. The van der Waals surface area contributed by atoms with E-state index in [1.165, 1.54) is 0 Å². The average molecular weight is 655 g/mol. The van der Waals surface area contributed by atoms with Gasteiger partial charge in [-0.3, -0.25) is 0 Å². The smallest absolute Gasteiger partial charge is 0.444 e. The van der Waals surface area contributed by atoms with E-state index in [9.17, 15) is 4.79 Å². The molecule has 3 aliphatic rings. The van der Waals surface area contributed by atoms with Crippen molar-refractivity contribution in [2.75, 3.05) is 19.7 Å². The molecule has 6 rings (SSSR count). The van der Waals surface area contributed by atoms with E-state index in [1.807, 2.05) is 48.8 Å². The SMILES string of the molecule is CC(C)(C)OC(=O)N1CCC[C@@H](Cn2ncc(CCc3c(Cl)cc4c(cnn4C4CCCCO4)c3B3OC(C)(C)C(C)(C)O3)n2)C1. The minimum atomic E-state index is -0.596. The second kappa shape index (κ2) is 12.7. The van der Waals surface area contributed by atoms with Gasteiger partial charge in [0, 0.05) is 30.1 Å². The molecule has 5 heterocycles. The minimum absolute atomic E-state index is 0.116. The number of benzene rings is 1. The highest BCUT2D eigenvalue weighted by Crippen LogP contribution is 2.39. The second-order valence-electron chi connectivity index (χ2n) is 15.0. The van der Waals surface area contributed by atoms with E-state index in [-0.39, 0.29) is 18.2 Å². The topological polar surface area (TPSA) is 106 Å². The molecule has 3 fully saturated rings. The quantitative estimate of drug-likeness (QED) is 0.298. The summed E-state index contributed by atoms with van der Waals surface area (Å²) in [5, 5.41) is 15.8. The number of rotatable bonds is 7. The van der Waals surface area contributed by atoms with Crippen molar-refractivity contribution in [2.24, 2.45) is 5.92 Å². The monoisotopic (exact) mass is 654 g/mol. The van der Waals surface area contributed by atoms with E-state index < -0.39 is 23.9 Å². The Morgan fingerprint density at radius 1 is 1.07 bits per heavy atom. The van der Waals surface area contributed by atoms with Crippen molar-refractivity contribution in [3.8, 4) is 0 Å². The van der Waals surface area contributed by atoms with Gasteiger partial charge in [0.1, 0.15) is 5.60 Å². The zero-order valence-electron chi connectivity index (χ0n) is 28.3. The van der Waals surface area contributed by atoms with Crippen LogP contribution in [-0.2, 0) is 38.2 Å². The van der Waals surface area contributed by atoms with E-state index in [2.05, 4.69) is 32.8 Å². The minimum Gasteiger partial charge on any atom is -0.444 e. The van der Waals surface area contributed by atoms with Crippen LogP contribution in [0.4, 0.5) is 4.79 Å². The Labute approximate surface area is 277 Å². The normalized spacial score (nSPS) is 23.3. The molecule has 1 aromatic carbocycles. The summed E-state index contributed by atoms with van der Waals surface area (Å²) in [6.07, 6.45) is 9.66. The van der Waals surface area contributed by atoms with Gasteiger partial charge in [-0.1, -0.05) is 11.6 Å². The molecule has 1 unspecified atom stereocenters. The lowest BCUT2D eigenvalue weighted by molar-refractivity contribution is -0.0366. The predicted octanol–water partition coefficient (Wildman–Crippen LogP) is 5.71. The number of carbonyl (C=O) groups excluding carboxylic acids is 1. The third-order valence-corrected chi connectivity index (χ3v) is 10.1. The fourth-order valence-electron chi connectivity index (χ4n) is 6.58. The molecule has 0 aliphatic carbocycles. The van der Waals surface area contributed by atoms with Crippen LogP contribution in [0, 0.1) is 5.92 Å². The van der Waals surface area contributed by atoms with Crippen molar-refractivity contribution in [3.05, 3.63) is 34.7 Å². The number of nitrogens with zero attached hydrogens (tertiary/aromatic N) is 6. The number of ether oxygens (including phenoxy) is 2. The van der Waals surface area contributed by atoms with Gasteiger partial charge in [0.05, 0.1) is 41.4 Å². The molecule has 3 saturated heterocycles. The van der Waals surface area contributed by atoms with Crippen LogP contribution in [-0.4, -0.2) is 79.4 Å². The average Bonchev–Trinajstić information content (AvgIpc) is 3.66. The molecule has 13 heteroatoms. The Morgan fingerprint density at radius 3 is 2.52 bits per heavy atom. The molecule has 46 heavy (non-hydrogen) atoms. The molecular formula is C33H48BClN6O5. The first kappa shape index (κ1) is 33.2. The summed E-state index contributed by atoms with van der Waals surface area (Å²) in [5.41, 5.74) is 2.15. The van der Waals surface area contributed by atoms with Crippen LogP contribution in [0.5, 0.6) is 0 Å². The van der Waals surface area contributed by atoms with Gasteiger partial charge in [0.25, 0.3) is 0 Å². The Bertz CT molecular complexity index is 1540. The Balaban J connectivity index is 1.21. The second-order valence-corrected chi connectivity index (χ2v) is 15.4. The molecule has 2 atom stereocenters. The number of aryl methyl sites for hydroxylation is 1. The van der Waals surface area contributed by atoms with E-state index in [1.54, 1.807) is 4.80 Å². The highest BCUT2D eigenvalue weighted by molar-refractivity contribution is 6.66. The molecule has 0 saturated carbocycles. The molecule has 0 bridgehead atoms. The van der Waals surface area contributed by atoms with E-state index in [0.717, 1.165) is 66.3 Å². The van der Waals surface area contributed by atoms with E-state index in [0.29, 0.717) is 37.5 Å². The summed E-state index contributed by atoms with van der Waals surface area (Å²) in [4.78, 5) is 16.2. The molecule has 3 aromatic rings. The highest BCUT2D eigenvalue weighted by Gasteiger charge is 2.53. The summed E-state index contributed by atoms with van der Waals surface area (Å²) in [7, 11) is -0.596. The molecule has 250 valence electrons. The molecule has 11 nitrogen and oxygen atoms in total. The molecular weight excluding hydrogens is 607 g/mol. The van der Waals surface area contributed by atoms with Gasteiger partial charge < -0.3 is 23.7 Å². The molecule has 1 amide bonds. The van der Waals surface area contributed by atoms with Crippen molar-refractivity contribution < 1.29 is 23.6 Å². The van der Waals surface area contributed by atoms with Gasteiger partial charge in [0.2, 0.25) is 0 Å². The summed E-state index contributed by atoms with van der Waals surface area (Å²) >= 11 is 7.10. The van der Waals surface area contributed by atoms with Crippen molar-refractivity contribution in [2.45, 2.75) is 123 Å². The Morgan fingerprint density at radius 2 is 1.83 bits per heavy atom. The van der Waals surface area contributed by atoms with Crippen LogP contribution in [0.25, 0.3) is 10.9 Å². The lowest BCUT2D eigenvalue weighted by Gasteiger charge is -2.33. The number of halogens is 1. The zero-order valence-corrected chi connectivity index (χ0v) is 29.1. The van der Waals surface area contributed by atoms with Gasteiger partial charge in [0.15, 0.2) is 6.23 Å².